The van der Waals surface area contributed by atoms with E-state index in [1.807, 2.05) is 6.92 Å². The first-order valence-electron chi connectivity index (χ1n) is 6.27. The summed E-state index contributed by atoms with van der Waals surface area (Å²) in [5.41, 5.74) is -0.205. The normalized spacial score (nSPS) is 21.4. The van der Waals surface area contributed by atoms with Crippen LogP contribution >= 0.6 is 0 Å². The second-order valence-electron chi connectivity index (χ2n) is 4.84. The molecule has 0 bridgehead atoms. The molecule has 0 aromatic carbocycles. The van der Waals surface area contributed by atoms with Gasteiger partial charge in [0.05, 0.1) is 12.0 Å². The summed E-state index contributed by atoms with van der Waals surface area (Å²) in [6.07, 6.45) is 3.79. The van der Waals surface area contributed by atoms with Crippen molar-refractivity contribution in [1.82, 2.24) is 10.6 Å². The van der Waals surface area contributed by atoms with Crippen LogP contribution in [-0.2, 0) is 4.79 Å². The van der Waals surface area contributed by atoms with E-state index >= 15 is 0 Å². The van der Waals surface area contributed by atoms with Crippen molar-refractivity contribution in [2.24, 2.45) is 5.41 Å². The van der Waals surface area contributed by atoms with Gasteiger partial charge < -0.3 is 15.7 Å². The minimum Gasteiger partial charge on any atom is -0.394 e. The summed E-state index contributed by atoms with van der Waals surface area (Å²) in [7, 11) is 0. The van der Waals surface area contributed by atoms with E-state index in [9.17, 15) is 4.79 Å². The number of aliphatic hydroxyl groups is 1. The Hall–Kier alpha value is -0.610. The van der Waals surface area contributed by atoms with E-state index in [0.717, 1.165) is 38.8 Å². The van der Waals surface area contributed by atoms with Crippen molar-refractivity contribution in [2.45, 2.75) is 45.6 Å². The number of aliphatic hydroxyl groups excluding tert-OH is 1. The number of piperidine rings is 1. The third-order valence-electron chi connectivity index (χ3n) is 3.42. The number of nitrogens with one attached hydrogen (secondary N) is 2. The number of amides is 1. The van der Waals surface area contributed by atoms with Gasteiger partial charge in [0.15, 0.2) is 0 Å². The lowest BCUT2D eigenvalue weighted by Gasteiger charge is -2.36. The minimum absolute atomic E-state index is 0.00615. The summed E-state index contributed by atoms with van der Waals surface area (Å²) in [5, 5.41) is 15.2. The molecule has 94 valence electrons. The van der Waals surface area contributed by atoms with Crippen LogP contribution in [0.1, 0.15) is 39.5 Å². The average Bonchev–Trinajstić information content (AvgIpc) is 2.30. The summed E-state index contributed by atoms with van der Waals surface area (Å²) >= 11 is 0. The Kier molecular flexibility index (Phi) is 5.22. The monoisotopic (exact) mass is 228 g/mol. The molecule has 0 radical (unpaired) electrons. The van der Waals surface area contributed by atoms with Gasteiger partial charge in [-0.15, -0.1) is 0 Å². The highest BCUT2D eigenvalue weighted by Crippen LogP contribution is 2.34. The van der Waals surface area contributed by atoms with E-state index in [0.29, 0.717) is 0 Å². The first kappa shape index (κ1) is 13.5. The first-order chi connectivity index (χ1) is 7.64. The highest BCUT2D eigenvalue weighted by molar-refractivity contribution is 5.83. The highest BCUT2D eigenvalue weighted by Gasteiger charge is 2.38. The van der Waals surface area contributed by atoms with Crippen LogP contribution in [0, 0.1) is 5.41 Å². The zero-order chi connectivity index (χ0) is 12.0. The molecular formula is C12H24N2O2. The molecule has 4 heteroatoms. The standard InChI is InChI=1S/C12H24N2O2/c1-3-4-12(5-7-13-8-6-12)11(16)14-10(2)9-15/h10,13,15H,3-9H2,1-2H3,(H,14,16)/t10-/m0/s1. The van der Waals surface area contributed by atoms with Crippen molar-refractivity contribution in [3.05, 3.63) is 0 Å². The Labute approximate surface area is 97.8 Å². The van der Waals surface area contributed by atoms with Crippen molar-refractivity contribution < 1.29 is 9.90 Å². The molecule has 1 saturated heterocycles. The predicted octanol–water partition coefficient (Wildman–Crippen LogP) is 0.653. The average molecular weight is 228 g/mol. The van der Waals surface area contributed by atoms with Crippen LogP contribution in [0.15, 0.2) is 0 Å². The van der Waals surface area contributed by atoms with Gasteiger partial charge in [0.1, 0.15) is 0 Å². The lowest BCUT2D eigenvalue weighted by Crippen LogP contribution is -2.50. The van der Waals surface area contributed by atoms with Crippen molar-refractivity contribution in [2.75, 3.05) is 19.7 Å². The van der Waals surface area contributed by atoms with Crippen LogP contribution in [0.25, 0.3) is 0 Å². The van der Waals surface area contributed by atoms with Crippen LogP contribution in [0.3, 0.4) is 0 Å². The third kappa shape index (κ3) is 3.19. The van der Waals surface area contributed by atoms with Gasteiger partial charge in [0.25, 0.3) is 0 Å². The third-order valence-corrected chi connectivity index (χ3v) is 3.42. The van der Waals surface area contributed by atoms with Gasteiger partial charge in [-0.25, -0.2) is 0 Å². The molecule has 0 aromatic rings. The van der Waals surface area contributed by atoms with Gasteiger partial charge in [-0.2, -0.15) is 0 Å². The Balaban J connectivity index is 2.64. The van der Waals surface area contributed by atoms with E-state index in [1.54, 1.807) is 0 Å². The maximum absolute atomic E-state index is 12.2. The van der Waals surface area contributed by atoms with E-state index in [2.05, 4.69) is 17.6 Å². The van der Waals surface area contributed by atoms with Gasteiger partial charge in [-0.05, 0) is 39.3 Å². The predicted molar refractivity (Wildman–Crippen MR) is 64.1 cm³/mol. The van der Waals surface area contributed by atoms with Crippen LogP contribution in [0.4, 0.5) is 0 Å². The summed E-state index contributed by atoms with van der Waals surface area (Å²) < 4.78 is 0. The Morgan fingerprint density at radius 3 is 2.62 bits per heavy atom. The maximum atomic E-state index is 12.2. The number of hydrogen-bond acceptors (Lipinski definition) is 3. The first-order valence-corrected chi connectivity index (χ1v) is 6.27. The summed E-state index contributed by atoms with van der Waals surface area (Å²) in [5.74, 6) is 0.123. The molecule has 1 aliphatic heterocycles. The second kappa shape index (κ2) is 6.21. The van der Waals surface area contributed by atoms with E-state index in [4.69, 9.17) is 5.11 Å². The highest BCUT2D eigenvalue weighted by atomic mass is 16.3. The molecule has 1 aliphatic rings. The van der Waals surface area contributed by atoms with Crippen molar-refractivity contribution in [3.63, 3.8) is 0 Å². The van der Waals surface area contributed by atoms with Crippen LogP contribution < -0.4 is 10.6 Å². The topological polar surface area (TPSA) is 61.4 Å². The van der Waals surface area contributed by atoms with E-state index in [1.165, 1.54) is 0 Å². The minimum atomic E-state index is -0.205. The molecule has 1 atom stereocenters. The summed E-state index contributed by atoms with van der Waals surface area (Å²) in [4.78, 5) is 12.2. The quantitative estimate of drug-likeness (QED) is 0.647. The molecule has 4 nitrogen and oxygen atoms in total. The largest absolute Gasteiger partial charge is 0.394 e. The Morgan fingerprint density at radius 2 is 2.12 bits per heavy atom. The number of rotatable bonds is 5. The maximum Gasteiger partial charge on any atom is 0.226 e. The summed E-state index contributed by atoms with van der Waals surface area (Å²) in [6.45, 7) is 5.79. The molecule has 3 N–H and O–H groups in total. The molecule has 16 heavy (non-hydrogen) atoms. The molecule has 0 spiro atoms. The number of carbonyl (C=O) groups is 1. The van der Waals surface area contributed by atoms with Crippen molar-refractivity contribution in [3.8, 4) is 0 Å². The van der Waals surface area contributed by atoms with Crippen molar-refractivity contribution >= 4 is 5.91 Å². The molecular weight excluding hydrogens is 204 g/mol. The van der Waals surface area contributed by atoms with Gasteiger partial charge in [0, 0.05) is 6.04 Å². The number of hydrogen-bond donors (Lipinski definition) is 3. The number of carbonyl (C=O) groups excluding carboxylic acids is 1. The lowest BCUT2D eigenvalue weighted by molar-refractivity contribution is -0.134. The van der Waals surface area contributed by atoms with E-state index in [-0.39, 0.29) is 24.0 Å². The fraction of sp³-hybridized carbons (Fsp3) is 0.917. The lowest BCUT2D eigenvalue weighted by atomic mass is 9.74. The Bertz CT molecular complexity index is 220. The molecule has 0 unspecified atom stereocenters. The molecule has 1 heterocycles. The molecule has 0 aromatic heterocycles. The zero-order valence-electron chi connectivity index (χ0n) is 10.4. The fourth-order valence-electron chi connectivity index (χ4n) is 2.40. The van der Waals surface area contributed by atoms with Crippen LogP contribution in [0.2, 0.25) is 0 Å². The van der Waals surface area contributed by atoms with E-state index < -0.39 is 0 Å². The van der Waals surface area contributed by atoms with Gasteiger partial charge in [-0.3, -0.25) is 4.79 Å². The SMILES string of the molecule is CCCC1(C(=O)N[C@@H](C)CO)CCNCC1. The Morgan fingerprint density at radius 1 is 1.50 bits per heavy atom. The van der Waals surface area contributed by atoms with Gasteiger partial charge >= 0.3 is 0 Å². The molecule has 1 rings (SSSR count). The molecule has 0 saturated carbocycles. The molecule has 0 aliphatic carbocycles. The van der Waals surface area contributed by atoms with Crippen molar-refractivity contribution in [1.29, 1.82) is 0 Å². The molecule has 1 amide bonds. The van der Waals surface area contributed by atoms with Crippen LogP contribution in [0.5, 0.6) is 0 Å². The molecule has 1 fully saturated rings. The second-order valence-corrected chi connectivity index (χ2v) is 4.84. The van der Waals surface area contributed by atoms with Gasteiger partial charge in [0.2, 0.25) is 5.91 Å². The van der Waals surface area contributed by atoms with Crippen LogP contribution in [-0.4, -0.2) is 36.8 Å². The zero-order valence-corrected chi connectivity index (χ0v) is 10.4. The van der Waals surface area contributed by atoms with Gasteiger partial charge in [-0.1, -0.05) is 13.3 Å². The fourth-order valence-corrected chi connectivity index (χ4v) is 2.40. The summed E-state index contributed by atoms with van der Waals surface area (Å²) in [6, 6.07) is -0.142. The smallest absolute Gasteiger partial charge is 0.226 e.